The van der Waals surface area contributed by atoms with Gasteiger partial charge in [0.1, 0.15) is 0 Å². The molecule has 3 rings (SSSR count). The van der Waals surface area contributed by atoms with Crippen molar-refractivity contribution in [1.82, 2.24) is 20.2 Å². The van der Waals surface area contributed by atoms with Crippen molar-refractivity contribution in [3.63, 3.8) is 0 Å². The van der Waals surface area contributed by atoms with E-state index in [1.165, 1.54) is 7.11 Å². The van der Waals surface area contributed by atoms with Crippen LogP contribution in [0.4, 0.5) is 0 Å². The van der Waals surface area contributed by atoms with Crippen LogP contribution in [0.2, 0.25) is 0 Å². The Morgan fingerprint density at radius 1 is 1.40 bits per heavy atom. The summed E-state index contributed by atoms with van der Waals surface area (Å²) < 4.78 is 4.78. The zero-order chi connectivity index (χ0) is 18.0. The van der Waals surface area contributed by atoms with E-state index in [-0.39, 0.29) is 24.5 Å². The van der Waals surface area contributed by atoms with E-state index in [4.69, 9.17) is 17.0 Å². The Kier molecular flexibility index (Phi) is 5.03. The third kappa shape index (κ3) is 3.51. The fourth-order valence-corrected chi connectivity index (χ4v) is 3.68. The number of H-pyrrole nitrogens is 1. The Morgan fingerprint density at radius 2 is 2.20 bits per heavy atom. The van der Waals surface area contributed by atoms with Gasteiger partial charge in [-0.1, -0.05) is 6.07 Å². The number of ether oxygens (including phenoxy) is 1. The summed E-state index contributed by atoms with van der Waals surface area (Å²) in [7, 11) is 1.40. The minimum Gasteiger partial charge on any atom is -0.469 e. The maximum Gasteiger partial charge on any atom is 0.307 e. The molecule has 3 heterocycles. The average molecular weight is 358 g/mol. The average Bonchev–Trinajstić information content (AvgIpc) is 3.11. The van der Waals surface area contributed by atoms with Crippen molar-refractivity contribution < 1.29 is 9.53 Å². The molecule has 1 aliphatic rings. The molecule has 1 saturated heterocycles. The van der Waals surface area contributed by atoms with Gasteiger partial charge in [-0.25, -0.2) is 0 Å². The highest BCUT2D eigenvalue weighted by Crippen LogP contribution is 2.40. The highest BCUT2D eigenvalue weighted by Gasteiger charge is 2.40. The highest BCUT2D eigenvalue weighted by molar-refractivity contribution is 7.80. The third-order valence-corrected chi connectivity index (χ3v) is 4.84. The second-order valence-electron chi connectivity index (χ2n) is 6.18. The SMILES string of the molecule is COC(=O)CCN1C(=S)N[C@H](c2ccccn2)[C@@H]1c1cc(C)[nH]c1C. The first-order valence-corrected chi connectivity index (χ1v) is 8.63. The van der Waals surface area contributed by atoms with Crippen LogP contribution in [0.25, 0.3) is 0 Å². The summed E-state index contributed by atoms with van der Waals surface area (Å²) >= 11 is 5.56. The quantitative estimate of drug-likeness (QED) is 0.632. The molecule has 25 heavy (non-hydrogen) atoms. The van der Waals surface area contributed by atoms with Gasteiger partial charge in [0.25, 0.3) is 0 Å². The van der Waals surface area contributed by atoms with Crippen LogP contribution >= 0.6 is 12.2 Å². The Labute approximate surface area is 152 Å². The minimum absolute atomic E-state index is 0.0305. The van der Waals surface area contributed by atoms with E-state index in [1.54, 1.807) is 6.20 Å². The van der Waals surface area contributed by atoms with Crippen LogP contribution in [0.15, 0.2) is 30.5 Å². The molecule has 0 saturated carbocycles. The first kappa shape index (κ1) is 17.4. The predicted octanol–water partition coefficient (Wildman–Crippen LogP) is 2.56. The zero-order valence-corrected chi connectivity index (χ0v) is 15.4. The van der Waals surface area contributed by atoms with Crippen molar-refractivity contribution in [3.05, 3.63) is 53.1 Å². The number of aromatic amines is 1. The number of carbonyl (C=O) groups excluding carboxylic acids is 1. The number of rotatable bonds is 5. The van der Waals surface area contributed by atoms with Gasteiger partial charge in [0.05, 0.1) is 31.3 Å². The van der Waals surface area contributed by atoms with Crippen LogP contribution in [0.5, 0.6) is 0 Å². The number of aryl methyl sites for hydroxylation is 2. The molecule has 0 spiro atoms. The number of thiocarbonyl (C=S) groups is 1. The Balaban J connectivity index is 1.97. The van der Waals surface area contributed by atoms with E-state index in [1.807, 2.05) is 25.1 Å². The normalized spacial score (nSPS) is 19.8. The molecule has 1 aliphatic heterocycles. The molecule has 132 valence electrons. The Morgan fingerprint density at radius 3 is 2.80 bits per heavy atom. The number of hydrogen-bond donors (Lipinski definition) is 2. The number of hydrogen-bond acceptors (Lipinski definition) is 4. The van der Waals surface area contributed by atoms with Crippen LogP contribution in [0, 0.1) is 13.8 Å². The topological polar surface area (TPSA) is 70.2 Å². The van der Waals surface area contributed by atoms with Gasteiger partial charge in [0.2, 0.25) is 0 Å². The van der Waals surface area contributed by atoms with Gasteiger partial charge in [0.15, 0.2) is 5.11 Å². The van der Waals surface area contributed by atoms with E-state index in [0.29, 0.717) is 11.7 Å². The van der Waals surface area contributed by atoms with Crippen molar-refractivity contribution >= 4 is 23.3 Å². The van der Waals surface area contributed by atoms with Crippen molar-refractivity contribution in [2.24, 2.45) is 0 Å². The molecule has 2 atom stereocenters. The summed E-state index contributed by atoms with van der Waals surface area (Å²) in [6, 6.07) is 7.89. The number of esters is 1. The van der Waals surface area contributed by atoms with Gasteiger partial charge < -0.3 is 19.9 Å². The minimum atomic E-state index is -0.246. The number of carbonyl (C=O) groups is 1. The monoisotopic (exact) mass is 358 g/mol. The zero-order valence-electron chi connectivity index (χ0n) is 14.6. The largest absolute Gasteiger partial charge is 0.469 e. The lowest BCUT2D eigenvalue weighted by Crippen LogP contribution is -2.32. The van der Waals surface area contributed by atoms with Gasteiger partial charge in [0, 0.05) is 24.1 Å². The maximum atomic E-state index is 11.6. The summed E-state index contributed by atoms with van der Waals surface area (Å²) in [6.45, 7) is 4.58. The van der Waals surface area contributed by atoms with Crippen molar-refractivity contribution in [2.45, 2.75) is 32.4 Å². The number of aromatic nitrogens is 2. The Hall–Kier alpha value is -2.41. The van der Waals surface area contributed by atoms with Gasteiger partial charge in [-0.15, -0.1) is 0 Å². The van der Waals surface area contributed by atoms with Gasteiger partial charge in [-0.3, -0.25) is 9.78 Å². The standard InChI is InChI=1S/C18H22N4O2S/c1-11-10-13(12(2)20-11)17-16(14-6-4-5-8-19-14)21-18(25)22(17)9-7-15(23)24-3/h4-6,8,10,16-17,20H,7,9H2,1-3H3,(H,21,25)/t16-,17+/m1/s1. The second-order valence-corrected chi connectivity index (χ2v) is 6.57. The molecule has 0 amide bonds. The van der Waals surface area contributed by atoms with E-state index in [2.05, 4.69) is 33.2 Å². The summed E-state index contributed by atoms with van der Waals surface area (Å²) in [5.41, 5.74) is 4.27. The van der Waals surface area contributed by atoms with Gasteiger partial charge >= 0.3 is 5.97 Å². The molecule has 0 aliphatic carbocycles. The van der Waals surface area contributed by atoms with Crippen LogP contribution in [-0.2, 0) is 9.53 Å². The van der Waals surface area contributed by atoms with Crippen LogP contribution in [0.3, 0.4) is 0 Å². The smallest absolute Gasteiger partial charge is 0.307 e. The lowest BCUT2D eigenvalue weighted by atomic mass is 9.96. The van der Waals surface area contributed by atoms with Crippen molar-refractivity contribution in [1.29, 1.82) is 0 Å². The summed E-state index contributed by atoms with van der Waals surface area (Å²) in [5, 5.41) is 4.00. The maximum absolute atomic E-state index is 11.6. The predicted molar refractivity (Wildman–Crippen MR) is 99.1 cm³/mol. The molecule has 7 heteroatoms. The highest BCUT2D eigenvalue weighted by atomic mass is 32.1. The van der Waals surface area contributed by atoms with Gasteiger partial charge in [-0.05, 0) is 49.8 Å². The van der Waals surface area contributed by atoms with Gasteiger partial charge in [-0.2, -0.15) is 0 Å². The number of nitrogens with one attached hydrogen (secondary N) is 2. The van der Waals surface area contributed by atoms with Crippen LogP contribution in [0.1, 0.15) is 41.1 Å². The third-order valence-electron chi connectivity index (χ3n) is 4.49. The molecule has 6 nitrogen and oxygen atoms in total. The van der Waals surface area contributed by atoms with Crippen LogP contribution in [-0.4, -0.2) is 39.6 Å². The molecule has 2 N–H and O–H groups in total. The molecule has 0 aromatic carbocycles. The number of pyridine rings is 1. The van der Waals surface area contributed by atoms with E-state index in [9.17, 15) is 4.79 Å². The summed E-state index contributed by atoms with van der Waals surface area (Å²) in [6.07, 6.45) is 2.07. The Bertz CT molecular complexity index is 775. The fraction of sp³-hybridized carbons (Fsp3) is 0.389. The first-order valence-electron chi connectivity index (χ1n) is 8.22. The van der Waals surface area contributed by atoms with Crippen molar-refractivity contribution in [2.75, 3.05) is 13.7 Å². The first-order chi connectivity index (χ1) is 12.0. The molecule has 0 unspecified atom stereocenters. The molecule has 1 fully saturated rings. The van der Waals surface area contributed by atoms with E-state index >= 15 is 0 Å². The van der Waals surface area contributed by atoms with E-state index < -0.39 is 0 Å². The molecular formula is C18H22N4O2S. The van der Waals surface area contributed by atoms with Crippen molar-refractivity contribution in [3.8, 4) is 0 Å². The van der Waals surface area contributed by atoms with Crippen LogP contribution < -0.4 is 5.32 Å². The van der Waals surface area contributed by atoms with E-state index in [0.717, 1.165) is 22.6 Å². The summed E-state index contributed by atoms with van der Waals surface area (Å²) in [4.78, 5) is 21.5. The molecule has 0 bridgehead atoms. The fourth-order valence-electron chi connectivity index (χ4n) is 3.35. The number of methoxy groups -OCH3 is 1. The lowest BCUT2D eigenvalue weighted by Gasteiger charge is -2.27. The molecule has 0 radical (unpaired) electrons. The number of nitrogens with zero attached hydrogens (tertiary/aromatic N) is 2. The summed E-state index contributed by atoms with van der Waals surface area (Å²) in [5.74, 6) is -0.246. The molecule has 2 aromatic heterocycles. The molecular weight excluding hydrogens is 336 g/mol. The second kappa shape index (κ2) is 7.23. The lowest BCUT2D eigenvalue weighted by molar-refractivity contribution is -0.140. The molecule has 2 aromatic rings.